The molecule has 0 rings (SSSR count). The molecule has 1 unspecified atom stereocenters. The summed E-state index contributed by atoms with van der Waals surface area (Å²) in [6.07, 6.45) is 0. The first-order valence-corrected chi connectivity index (χ1v) is 7.33. The van der Waals surface area contributed by atoms with Crippen molar-refractivity contribution in [1.29, 1.82) is 0 Å². The highest BCUT2D eigenvalue weighted by Gasteiger charge is 2.17. The van der Waals surface area contributed by atoms with E-state index in [4.69, 9.17) is 0 Å². The van der Waals surface area contributed by atoms with Crippen LogP contribution in [-0.4, -0.2) is 17.8 Å². The van der Waals surface area contributed by atoms with E-state index in [-0.39, 0.29) is 6.61 Å². The fraction of sp³-hybridized carbons (Fsp3) is 0.364. The third-order valence-corrected chi connectivity index (χ3v) is 3.99. The van der Waals surface area contributed by atoms with Crippen molar-refractivity contribution >= 4 is 27.6 Å². The summed E-state index contributed by atoms with van der Waals surface area (Å²) >= 11 is 0. The summed E-state index contributed by atoms with van der Waals surface area (Å²) in [5.74, 6) is -7.74. The van der Waals surface area contributed by atoms with Crippen LogP contribution < -0.4 is 0 Å². The van der Waals surface area contributed by atoms with Crippen LogP contribution in [0.25, 0.3) is 0 Å². The van der Waals surface area contributed by atoms with Gasteiger partial charge in [-0.05, 0) is 13.8 Å². The number of hydrogen-bond donors (Lipinski definition) is 0. The minimum atomic E-state index is -1.99. The first-order valence-electron chi connectivity index (χ1n) is 5.06. The van der Waals surface area contributed by atoms with Crippen LogP contribution in [0.5, 0.6) is 0 Å². The van der Waals surface area contributed by atoms with Gasteiger partial charge in [0.05, 0.1) is 6.61 Å². The average molecular weight is 316 g/mol. The summed E-state index contributed by atoms with van der Waals surface area (Å²) in [6.45, 7) is 5.86. The predicted molar refractivity (Wildman–Crippen MR) is 70.0 cm³/mol. The molecule has 0 aromatic rings. The standard InChI is InChI=1S/C11H12F4O2S2/c1-4-17-11(16)7(3)19-18-5-8(13)10(15)9(14)6(2)12/h5,7H,2,4H2,1,3H3/b8-5+,10-9-. The Kier molecular flexibility index (Phi) is 8.66. The molecule has 1 atom stereocenters. The highest BCUT2D eigenvalue weighted by Crippen LogP contribution is 2.33. The van der Waals surface area contributed by atoms with Gasteiger partial charge in [-0.25, -0.2) is 17.6 Å². The summed E-state index contributed by atoms with van der Waals surface area (Å²) in [5, 5.41) is 0.0140. The number of ether oxygens (including phenoxy) is 1. The molecule has 0 N–H and O–H groups in total. The molecule has 0 radical (unpaired) electrons. The molecule has 8 heteroatoms. The van der Waals surface area contributed by atoms with Crippen LogP contribution in [0.2, 0.25) is 0 Å². The lowest BCUT2D eigenvalue weighted by molar-refractivity contribution is -0.142. The van der Waals surface area contributed by atoms with E-state index in [0.717, 1.165) is 10.8 Å². The Morgan fingerprint density at radius 1 is 1.32 bits per heavy atom. The molecule has 0 aliphatic carbocycles. The van der Waals surface area contributed by atoms with Crippen molar-refractivity contribution in [3.63, 3.8) is 0 Å². The average Bonchev–Trinajstić information content (AvgIpc) is 2.36. The summed E-state index contributed by atoms with van der Waals surface area (Å²) in [7, 11) is 1.56. The van der Waals surface area contributed by atoms with E-state index < -0.39 is 34.5 Å². The molecule has 0 amide bonds. The Labute approximate surface area is 116 Å². The monoisotopic (exact) mass is 316 g/mol. The van der Waals surface area contributed by atoms with E-state index in [1.807, 2.05) is 0 Å². The SMILES string of the molecule is C=C(F)/C(F)=C(F)\C(F)=C/SSC(C)C(=O)OCC. The maximum absolute atomic E-state index is 13.0. The maximum atomic E-state index is 13.0. The van der Waals surface area contributed by atoms with Gasteiger partial charge in [0.1, 0.15) is 5.25 Å². The van der Waals surface area contributed by atoms with E-state index in [2.05, 4.69) is 11.3 Å². The number of hydrogen-bond acceptors (Lipinski definition) is 4. The Balaban J connectivity index is 4.46. The van der Waals surface area contributed by atoms with Gasteiger partial charge in [-0.15, -0.1) is 0 Å². The van der Waals surface area contributed by atoms with Crippen molar-refractivity contribution in [2.75, 3.05) is 6.61 Å². The lowest BCUT2D eigenvalue weighted by Gasteiger charge is -2.07. The third kappa shape index (κ3) is 6.72. The minimum Gasteiger partial charge on any atom is -0.465 e. The van der Waals surface area contributed by atoms with E-state index in [1.165, 1.54) is 6.92 Å². The normalized spacial score (nSPS) is 14.7. The highest BCUT2D eigenvalue weighted by molar-refractivity contribution is 8.78. The fourth-order valence-corrected chi connectivity index (χ4v) is 2.44. The molecule has 0 aliphatic heterocycles. The van der Waals surface area contributed by atoms with Gasteiger partial charge in [0.25, 0.3) is 0 Å². The molecule has 0 aliphatic rings. The number of carbonyl (C=O) groups excluding carboxylic acids is 1. The molecule has 0 heterocycles. The first-order chi connectivity index (χ1) is 8.81. The van der Waals surface area contributed by atoms with Crippen molar-refractivity contribution in [1.82, 2.24) is 0 Å². The summed E-state index contributed by atoms with van der Waals surface area (Å²) < 4.78 is 55.5. The zero-order valence-electron chi connectivity index (χ0n) is 10.2. The van der Waals surface area contributed by atoms with E-state index in [9.17, 15) is 22.4 Å². The molecule has 0 saturated heterocycles. The quantitative estimate of drug-likeness (QED) is 0.293. The molecular weight excluding hydrogens is 304 g/mol. The second-order valence-electron chi connectivity index (χ2n) is 3.09. The Hall–Kier alpha value is -0.890. The van der Waals surface area contributed by atoms with Crippen LogP contribution in [0.15, 0.2) is 35.3 Å². The first kappa shape index (κ1) is 18.1. The minimum absolute atomic E-state index is 0.208. The molecular formula is C11H12F4O2S2. The smallest absolute Gasteiger partial charge is 0.319 e. The van der Waals surface area contributed by atoms with E-state index in [1.54, 1.807) is 6.92 Å². The van der Waals surface area contributed by atoms with Crippen LogP contribution >= 0.6 is 21.6 Å². The van der Waals surface area contributed by atoms with Crippen molar-refractivity contribution < 1.29 is 27.1 Å². The summed E-state index contributed by atoms with van der Waals surface area (Å²) in [6, 6.07) is 0. The molecule has 2 nitrogen and oxygen atoms in total. The van der Waals surface area contributed by atoms with E-state index in [0.29, 0.717) is 16.2 Å². The zero-order chi connectivity index (χ0) is 15.0. The van der Waals surface area contributed by atoms with Crippen molar-refractivity contribution in [2.24, 2.45) is 0 Å². The van der Waals surface area contributed by atoms with Crippen LogP contribution in [0, 0.1) is 0 Å². The number of rotatable bonds is 7. The Morgan fingerprint density at radius 3 is 2.37 bits per heavy atom. The van der Waals surface area contributed by atoms with Crippen molar-refractivity contribution in [3.05, 3.63) is 35.3 Å². The molecule has 0 aromatic heterocycles. The Morgan fingerprint density at radius 2 is 1.89 bits per heavy atom. The molecule has 0 saturated carbocycles. The molecule has 0 aromatic carbocycles. The topological polar surface area (TPSA) is 26.3 Å². The van der Waals surface area contributed by atoms with Crippen LogP contribution in [-0.2, 0) is 9.53 Å². The molecule has 108 valence electrons. The number of carbonyl (C=O) groups is 1. The Bertz CT molecular complexity index is 407. The lowest BCUT2D eigenvalue weighted by Crippen LogP contribution is -2.15. The number of esters is 1. The fourth-order valence-electron chi connectivity index (χ4n) is 0.728. The van der Waals surface area contributed by atoms with Gasteiger partial charge in [-0.2, -0.15) is 0 Å². The summed E-state index contributed by atoms with van der Waals surface area (Å²) in [5.41, 5.74) is 0. The van der Waals surface area contributed by atoms with Gasteiger partial charge < -0.3 is 4.74 Å². The van der Waals surface area contributed by atoms with Gasteiger partial charge in [-0.3, -0.25) is 4.79 Å². The number of allylic oxidation sites excluding steroid dienone is 4. The highest BCUT2D eigenvalue weighted by atomic mass is 33.1. The number of halogens is 4. The molecule has 0 fully saturated rings. The van der Waals surface area contributed by atoms with Gasteiger partial charge in [-0.1, -0.05) is 28.2 Å². The van der Waals surface area contributed by atoms with Crippen LogP contribution in [0.3, 0.4) is 0 Å². The summed E-state index contributed by atoms with van der Waals surface area (Å²) in [4.78, 5) is 11.2. The van der Waals surface area contributed by atoms with Crippen LogP contribution in [0.4, 0.5) is 17.6 Å². The van der Waals surface area contributed by atoms with Crippen LogP contribution in [0.1, 0.15) is 13.8 Å². The zero-order valence-corrected chi connectivity index (χ0v) is 11.8. The van der Waals surface area contributed by atoms with Gasteiger partial charge in [0, 0.05) is 5.41 Å². The largest absolute Gasteiger partial charge is 0.465 e. The maximum Gasteiger partial charge on any atom is 0.319 e. The lowest BCUT2D eigenvalue weighted by atomic mass is 10.4. The van der Waals surface area contributed by atoms with Gasteiger partial charge in [0.15, 0.2) is 23.3 Å². The van der Waals surface area contributed by atoms with Crippen molar-refractivity contribution in [3.8, 4) is 0 Å². The van der Waals surface area contributed by atoms with Crippen molar-refractivity contribution in [2.45, 2.75) is 19.1 Å². The van der Waals surface area contributed by atoms with Gasteiger partial charge >= 0.3 is 5.97 Å². The predicted octanol–water partition coefficient (Wildman–Crippen LogP) is 4.76. The molecule has 0 bridgehead atoms. The third-order valence-electron chi connectivity index (χ3n) is 1.61. The second-order valence-corrected chi connectivity index (χ2v) is 5.57. The molecule has 0 spiro atoms. The molecule has 19 heavy (non-hydrogen) atoms. The second kappa shape index (κ2) is 9.08. The van der Waals surface area contributed by atoms with Gasteiger partial charge in [0.2, 0.25) is 0 Å². The van der Waals surface area contributed by atoms with E-state index >= 15 is 0 Å².